The van der Waals surface area contributed by atoms with Gasteiger partial charge in [0, 0.05) is 47.8 Å². The lowest BCUT2D eigenvalue weighted by molar-refractivity contribution is 0.0784. The fourth-order valence-electron chi connectivity index (χ4n) is 3.64. The number of hydrogen-bond donors (Lipinski definition) is 0. The maximum Gasteiger partial charge on any atom is 0.274 e. The molecule has 0 aromatic carbocycles. The zero-order valence-corrected chi connectivity index (χ0v) is 15.5. The number of likely N-dealkylation sites (tertiary alicyclic amines) is 1. The molecule has 4 rings (SSSR count). The Morgan fingerprint density at radius 3 is 2.42 bits per heavy atom. The van der Waals surface area contributed by atoms with Gasteiger partial charge in [-0.3, -0.25) is 4.79 Å². The lowest BCUT2D eigenvalue weighted by atomic mass is 10.1. The summed E-state index contributed by atoms with van der Waals surface area (Å²) in [4.78, 5) is 28.3. The fraction of sp³-hybridized carbons (Fsp3) is 0.421. The Balaban J connectivity index is 1.57. The molecule has 7 nitrogen and oxygen atoms in total. The van der Waals surface area contributed by atoms with Crippen LogP contribution in [0.5, 0.6) is 0 Å². The summed E-state index contributed by atoms with van der Waals surface area (Å²) in [6.07, 6.45) is 0.873. The fourth-order valence-corrected chi connectivity index (χ4v) is 3.64. The van der Waals surface area contributed by atoms with Crippen LogP contribution in [0.4, 0.5) is 0 Å². The molecule has 0 saturated carbocycles. The van der Waals surface area contributed by atoms with Gasteiger partial charge in [0.25, 0.3) is 5.91 Å². The first-order chi connectivity index (χ1) is 12.4. The van der Waals surface area contributed by atoms with E-state index in [1.54, 1.807) is 10.6 Å². The third-order valence-electron chi connectivity index (χ3n) is 4.79. The van der Waals surface area contributed by atoms with Gasteiger partial charge in [-0.2, -0.15) is 5.10 Å². The minimum Gasteiger partial charge on any atom is -0.336 e. The quantitative estimate of drug-likeness (QED) is 0.709. The molecule has 134 valence electrons. The van der Waals surface area contributed by atoms with Crippen molar-refractivity contribution in [3.8, 4) is 0 Å². The third-order valence-corrected chi connectivity index (χ3v) is 4.79. The van der Waals surface area contributed by atoms with Crippen molar-refractivity contribution in [3.63, 3.8) is 0 Å². The lowest BCUT2D eigenvalue weighted by Crippen LogP contribution is -2.29. The van der Waals surface area contributed by atoms with Crippen LogP contribution in [0.2, 0.25) is 0 Å². The number of aromatic nitrogens is 5. The second kappa shape index (κ2) is 6.16. The molecule has 1 aliphatic rings. The highest BCUT2D eigenvalue weighted by Gasteiger charge is 2.31. The Hall–Kier alpha value is -2.83. The minimum absolute atomic E-state index is 0.0561. The van der Waals surface area contributed by atoms with E-state index in [1.165, 1.54) is 0 Å². The van der Waals surface area contributed by atoms with Crippen molar-refractivity contribution >= 4 is 11.6 Å². The first-order valence-corrected chi connectivity index (χ1v) is 8.86. The number of carbonyl (C=O) groups excluding carboxylic acids is 1. The maximum atomic E-state index is 12.9. The highest BCUT2D eigenvalue weighted by molar-refractivity contribution is 5.93. The molecular weight excluding hydrogens is 328 g/mol. The Labute approximate surface area is 152 Å². The van der Waals surface area contributed by atoms with Gasteiger partial charge in [-0.05, 0) is 46.2 Å². The van der Waals surface area contributed by atoms with Crippen LogP contribution >= 0.6 is 0 Å². The smallest absolute Gasteiger partial charge is 0.274 e. The van der Waals surface area contributed by atoms with Crippen molar-refractivity contribution in [1.82, 2.24) is 29.5 Å². The number of nitrogens with zero attached hydrogens (tertiary/aromatic N) is 6. The average molecular weight is 350 g/mol. The Morgan fingerprint density at radius 2 is 1.69 bits per heavy atom. The summed E-state index contributed by atoms with van der Waals surface area (Å²) in [5.41, 5.74) is 4.97. The van der Waals surface area contributed by atoms with E-state index in [-0.39, 0.29) is 11.8 Å². The standard InChI is InChI=1S/C19H22N6O/c1-11-7-12(2)22-18(21-11)15-5-6-24(10-15)19(26)16-9-17-20-13(3)8-14(4)25(17)23-16/h7-9,15H,5-6,10H2,1-4H3/t15-/m1/s1. The molecular formula is C19H22N6O. The molecule has 1 aliphatic heterocycles. The highest BCUT2D eigenvalue weighted by Crippen LogP contribution is 2.26. The molecule has 4 heterocycles. The van der Waals surface area contributed by atoms with Crippen molar-refractivity contribution in [3.05, 3.63) is 52.5 Å². The maximum absolute atomic E-state index is 12.9. The van der Waals surface area contributed by atoms with Crippen LogP contribution in [-0.4, -0.2) is 48.5 Å². The summed E-state index contributed by atoms with van der Waals surface area (Å²) in [5.74, 6) is 0.956. The van der Waals surface area contributed by atoms with Crippen LogP contribution in [0, 0.1) is 27.7 Å². The average Bonchev–Trinajstić information content (AvgIpc) is 3.20. The zero-order valence-electron chi connectivity index (χ0n) is 15.5. The lowest BCUT2D eigenvalue weighted by Gasteiger charge is -2.15. The van der Waals surface area contributed by atoms with Gasteiger partial charge < -0.3 is 4.90 Å². The summed E-state index contributed by atoms with van der Waals surface area (Å²) in [6, 6.07) is 5.69. The molecule has 26 heavy (non-hydrogen) atoms. The zero-order chi connectivity index (χ0) is 18.4. The second-order valence-corrected chi connectivity index (χ2v) is 7.08. The molecule has 3 aromatic heterocycles. The van der Waals surface area contributed by atoms with Gasteiger partial charge in [0.1, 0.15) is 5.82 Å². The van der Waals surface area contributed by atoms with Crippen molar-refractivity contribution in [2.45, 2.75) is 40.0 Å². The molecule has 0 unspecified atom stereocenters. The van der Waals surface area contributed by atoms with Crippen LogP contribution < -0.4 is 0 Å². The summed E-state index contributed by atoms with van der Waals surface area (Å²) >= 11 is 0. The van der Waals surface area contributed by atoms with Gasteiger partial charge in [-0.25, -0.2) is 19.5 Å². The minimum atomic E-state index is -0.0561. The number of amides is 1. The number of hydrogen-bond acceptors (Lipinski definition) is 5. The van der Waals surface area contributed by atoms with Gasteiger partial charge in [0.05, 0.1) is 0 Å². The van der Waals surface area contributed by atoms with E-state index >= 15 is 0 Å². The summed E-state index contributed by atoms with van der Waals surface area (Å²) < 4.78 is 1.72. The van der Waals surface area contributed by atoms with E-state index in [0.29, 0.717) is 24.4 Å². The number of fused-ring (bicyclic) bond motifs is 1. The van der Waals surface area contributed by atoms with E-state index < -0.39 is 0 Å². The largest absolute Gasteiger partial charge is 0.336 e. The Bertz CT molecular complexity index is 988. The summed E-state index contributed by atoms with van der Waals surface area (Å²) in [5, 5.41) is 4.46. The molecule has 0 bridgehead atoms. The van der Waals surface area contributed by atoms with Crippen LogP contribution in [-0.2, 0) is 0 Å². The Morgan fingerprint density at radius 1 is 1.00 bits per heavy atom. The topological polar surface area (TPSA) is 76.3 Å². The first-order valence-electron chi connectivity index (χ1n) is 8.86. The third kappa shape index (κ3) is 2.94. The molecule has 0 spiro atoms. The Kier molecular flexibility index (Phi) is 3.94. The van der Waals surface area contributed by atoms with Crippen molar-refractivity contribution in [2.24, 2.45) is 0 Å². The number of rotatable bonds is 2. The van der Waals surface area contributed by atoms with Crippen molar-refractivity contribution in [1.29, 1.82) is 0 Å². The molecule has 0 N–H and O–H groups in total. The van der Waals surface area contributed by atoms with E-state index in [9.17, 15) is 4.79 Å². The number of aryl methyl sites for hydroxylation is 4. The molecule has 0 aliphatic carbocycles. The normalized spacial score (nSPS) is 17.2. The second-order valence-electron chi connectivity index (χ2n) is 7.08. The van der Waals surface area contributed by atoms with Crippen molar-refractivity contribution in [2.75, 3.05) is 13.1 Å². The molecule has 7 heteroatoms. The monoisotopic (exact) mass is 350 g/mol. The predicted octanol–water partition coefficient (Wildman–Crippen LogP) is 2.38. The molecule has 3 aromatic rings. The molecule has 1 fully saturated rings. The first kappa shape index (κ1) is 16.6. The van der Waals surface area contributed by atoms with E-state index in [2.05, 4.69) is 20.1 Å². The molecule has 1 saturated heterocycles. The molecule has 1 atom stereocenters. The van der Waals surface area contributed by atoms with Gasteiger partial charge >= 0.3 is 0 Å². The van der Waals surface area contributed by atoms with Gasteiger partial charge in [0.2, 0.25) is 0 Å². The van der Waals surface area contributed by atoms with Crippen LogP contribution in [0.1, 0.15) is 51.4 Å². The van der Waals surface area contributed by atoms with Crippen LogP contribution in [0.3, 0.4) is 0 Å². The van der Waals surface area contributed by atoms with Gasteiger partial charge in [0.15, 0.2) is 11.3 Å². The number of carbonyl (C=O) groups is 1. The van der Waals surface area contributed by atoms with Crippen LogP contribution in [0.25, 0.3) is 5.65 Å². The summed E-state index contributed by atoms with van der Waals surface area (Å²) in [7, 11) is 0. The van der Waals surface area contributed by atoms with Crippen molar-refractivity contribution < 1.29 is 4.79 Å². The van der Waals surface area contributed by atoms with E-state index in [0.717, 1.165) is 35.0 Å². The predicted molar refractivity (Wildman–Crippen MR) is 97.2 cm³/mol. The molecule has 1 amide bonds. The van der Waals surface area contributed by atoms with E-state index in [1.807, 2.05) is 44.7 Å². The van der Waals surface area contributed by atoms with Crippen LogP contribution in [0.15, 0.2) is 18.2 Å². The summed E-state index contributed by atoms with van der Waals surface area (Å²) in [6.45, 7) is 9.18. The van der Waals surface area contributed by atoms with E-state index in [4.69, 9.17) is 0 Å². The highest BCUT2D eigenvalue weighted by atomic mass is 16.2. The SMILES string of the molecule is Cc1cc(C)nc([C@@H]2CCN(C(=O)c3cc4nc(C)cc(C)n4n3)C2)n1. The molecule has 0 radical (unpaired) electrons. The van der Waals surface area contributed by atoms with Gasteiger partial charge in [-0.15, -0.1) is 0 Å². The van der Waals surface area contributed by atoms with Gasteiger partial charge in [-0.1, -0.05) is 0 Å².